The molecule has 1 unspecified atom stereocenters. The van der Waals surface area contributed by atoms with E-state index in [4.69, 9.17) is 0 Å². The number of carbonyl (C=O) groups is 1. The van der Waals surface area contributed by atoms with Crippen LogP contribution in [0.3, 0.4) is 0 Å². The van der Waals surface area contributed by atoms with Crippen LogP contribution in [0.1, 0.15) is 20.3 Å². The Hall–Kier alpha value is -1.49. The molecule has 1 atom stereocenters. The minimum absolute atomic E-state index is 0.0725. The molecular weight excluding hydrogens is 204 g/mol. The van der Waals surface area contributed by atoms with Gasteiger partial charge in [0.1, 0.15) is 0 Å². The molecule has 0 radical (unpaired) electrons. The predicted octanol–water partition coefficient (Wildman–Crippen LogP) is 1.05. The second-order valence-corrected chi connectivity index (χ2v) is 4.05. The molecule has 0 saturated heterocycles. The van der Waals surface area contributed by atoms with E-state index in [0.29, 0.717) is 11.7 Å². The number of rotatable bonds is 5. The number of anilines is 1. The molecule has 88 valence electrons. The van der Waals surface area contributed by atoms with Crippen molar-refractivity contribution >= 4 is 11.7 Å². The summed E-state index contributed by atoms with van der Waals surface area (Å²) in [6, 6.07) is -0.193. The van der Waals surface area contributed by atoms with Crippen LogP contribution in [0.4, 0.5) is 5.82 Å². The number of aromatic nitrogens is 2. The lowest BCUT2D eigenvalue weighted by Crippen LogP contribution is -2.39. The summed E-state index contributed by atoms with van der Waals surface area (Å²) in [5.74, 6) is 0.873. The zero-order chi connectivity index (χ0) is 12.0. The van der Waals surface area contributed by atoms with E-state index in [1.807, 2.05) is 0 Å². The topological polar surface area (TPSA) is 66.9 Å². The Balaban J connectivity index is 2.56. The first-order valence-electron chi connectivity index (χ1n) is 5.37. The maximum Gasteiger partial charge on any atom is 0.242 e. The lowest BCUT2D eigenvalue weighted by Gasteiger charge is -2.17. The Morgan fingerprint density at radius 3 is 2.69 bits per heavy atom. The molecule has 1 aromatic heterocycles. The van der Waals surface area contributed by atoms with Crippen LogP contribution < -0.4 is 10.6 Å². The number of hydrogen-bond donors (Lipinski definition) is 2. The molecule has 16 heavy (non-hydrogen) atoms. The van der Waals surface area contributed by atoms with Gasteiger partial charge in [0.25, 0.3) is 0 Å². The molecule has 0 aliphatic rings. The van der Waals surface area contributed by atoms with Crippen molar-refractivity contribution in [2.75, 3.05) is 12.4 Å². The van der Waals surface area contributed by atoms with Crippen LogP contribution in [0, 0.1) is 5.92 Å². The van der Waals surface area contributed by atoms with Crippen molar-refractivity contribution in [3.63, 3.8) is 0 Å². The number of carbonyl (C=O) groups excluding carboxylic acids is 1. The van der Waals surface area contributed by atoms with Crippen molar-refractivity contribution in [3.05, 3.63) is 18.6 Å². The first-order chi connectivity index (χ1) is 7.63. The Labute approximate surface area is 95.7 Å². The molecule has 5 heteroatoms. The quantitative estimate of drug-likeness (QED) is 0.781. The van der Waals surface area contributed by atoms with Crippen molar-refractivity contribution < 1.29 is 4.79 Å². The van der Waals surface area contributed by atoms with E-state index in [9.17, 15) is 4.79 Å². The molecule has 0 fully saturated rings. The molecule has 0 spiro atoms. The van der Waals surface area contributed by atoms with E-state index in [0.717, 1.165) is 6.42 Å². The van der Waals surface area contributed by atoms with Gasteiger partial charge >= 0.3 is 0 Å². The third-order valence-corrected chi connectivity index (χ3v) is 2.19. The first-order valence-corrected chi connectivity index (χ1v) is 5.37. The lowest BCUT2D eigenvalue weighted by molar-refractivity contribution is -0.118. The molecule has 1 heterocycles. The highest BCUT2D eigenvalue weighted by atomic mass is 16.2. The van der Waals surface area contributed by atoms with Crippen LogP contribution in [0.15, 0.2) is 18.6 Å². The van der Waals surface area contributed by atoms with Gasteiger partial charge in [0.15, 0.2) is 5.82 Å². The largest absolute Gasteiger partial charge is 0.309 e. The van der Waals surface area contributed by atoms with Gasteiger partial charge in [-0.1, -0.05) is 13.8 Å². The van der Waals surface area contributed by atoms with Crippen LogP contribution in [-0.4, -0.2) is 29.0 Å². The SMILES string of the molecule is CNC(CC(C)C)C(=O)Nc1cnccn1. The summed E-state index contributed by atoms with van der Waals surface area (Å²) >= 11 is 0. The van der Waals surface area contributed by atoms with Gasteiger partial charge in [-0.05, 0) is 19.4 Å². The molecule has 0 aliphatic carbocycles. The third-order valence-electron chi connectivity index (χ3n) is 2.19. The fourth-order valence-electron chi connectivity index (χ4n) is 1.40. The molecule has 0 aliphatic heterocycles. The van der Waals surface area contributed by atoms with Gasteiger partial charge in [0.2, 0.25) is 5.91 Å². The second-order valence-electron chi connectivity index (χ2n) is 4.05. The average Bonchev–Trinajstić information content (AvgIpc) is 2.26. The highest BCUT2D eigenvalue weighted by molar-refractivity contribution is 5.93. The van der Waals surface area contributed by atoms with E-state index in [1.54, 1.807) is 19.4 Å². The zero-order valence-corrected chi connectivity index (χ0v) is 9.90. The third kappa shape index (κ3) is 3.94. The smallest absolute Gasteiger partial charge is 0.242 e. The molecule has 0 bridgehead atoms. The van der Waals surface area contributed by atoms with Gasteiger partial charge in [-0.2, -0.15) is 0 Å². The number of amides is 1. The molecule has 2 N–H and O–H groups in total. The van der Waals surface area contributed by atoms with Crippen molar-refractivity contribution in [2.45, 2.75) is 26.3 Å². The monoisotopic (exact) mass is 222 g/mol. The maximum absolute atomic E-state index is 11.8. The highest BCUT2D eigenvalue weighted by Gasteiger charge is 2.17. The Morgan fingerprint density at radius 2 is 2.19 bits per heavy atom. The second kappa shape index (κ2) is 6.17. The van der Waals surface area contributed by atoms with Crippen molar-refractivity contribution in [1.29, 1.82) is 0 Å². The van der Waals surface area contributed by atoms with Gasteiger partial charge in [-0.3, -0.25) is 9.78 Å². The van der Waals surface area contributed by atoms with Crippen LogP contribution in [0.5, 0.6) is 0 Å². The summed E-state index contributed by atoms with van der Waals surface area (Å²) in [7, 11) is 1.78. The maximum atomic E-state index is 11.8. The van der Waals surface area contributed by atoms with Crippen LogP contribution >= 0.6 is 0 Å². The lowest BCUT2D eigenvalue weighted by atomic mass is 10.0. The fourth-order valence-corrected chi connectivity index (χ4v) is 1.40. The first kappa shape index (κ1) is 12.6. The summed E-state index contributed by atoms with van der Waals surface area (Å²) in [6.07, 6.45) is 5.44. The van der Waals surface area contributed by atoms with Gasteiger partial charge in [-0.25, -0.2) is 4.98 Å². The van der Waals surface area contributed by atoms with Crippen LogP contribution in [-0.2, 0) is 4.79 Å². The van der Waals surface area contributed by atoms with Crippen molar-refractivity contribution in [1.82, 2.24) is 15.3 Å². The number of nitrogens with zero attached hydrogens (tertiary/aromatic N) is 2. The van der Waals surface area contributed by atoms with Gasteiger partial charge < -0.3 is 10.6 Å². The minimum Gasteiger partial charge on any atom is -0.309 e. The average molecular weight is 222 g/mol. The summed E-state index contributed by atoms with van der Waals surface area (Å²) in [4.78, 5) is 19.7. The van der Waals surface area contributed by atoms with Gasteiger partial charge in [0, 0.05) is 12.4 Å². The molecule has 5 nitrogen and oxygen atoms in total. The van der Waals surface area contributed by atoms with Gasteiger partial charge in [-0.15, -0.1) is 0 Å². The highest BCUT2D eigenvalue weighted by Crippen LogP contribution is 2.07. The summed E-state index contributed by atoms with van der Waals surface area (Å²) in [5, 5.41) is 5.72. The normalized spacial score (nSPS) is 12.5. The summed E-state index contributed by atoms with van der Waals surface area (Å²) in [6.45, 7) is 4.17. The van der Waals surface area contributed by atoms with E-state index >= 15 is 0 Å². The van der Waals surface area contributed by atoms with Crippen LogP contribution in [0.2, 0.25) is 0 Å². The minimum atomic E-state index is -0.193. The molecule has 0 aromatic carbocycles. The molecule has 1 amide bonds. The number of likely N-dealkylation sites (N-methyl/N-ethyl adjacent to an activating group) is 1. The molecule has 1 aromatic rings. The number of hydrogen-bond acceptors (Lipinski definition) is 4. The van der Waals surface area contributed by atoms with Crippen molar-refractivity contribution in [2.24, 2.45) is 5.92 Å². The molecular formula is C11H18N4O. The van der Waals surface area contributed by atoms with E-state index in [-0.39, 0.29) is 11.9 Å². The molecule has 1 rings (SSSR count). The summed E-state index contributed by atoms with van der Waals surface area (Å²) < 4.78 is 0. The predicted molar refractivity (Wildman–Crippen MR) is 63.0 cm³/mol. The summed E-state index contributed by atoms with van der Waals surface area (Å²) in [5.41, 5.74) is 0. The standard InChI is InChI=1S/C11H18N4O/c1-8(2)6-9(12-3)11(16)15-10-7-13-4-5-14-10/h4-5,7-9,12H,6H2,1-3H3,(H,14,15,16). The van der Waals surface area contributed by atoms with E-state index in [1.165, 1.54) is 6.20 Å². The fraction of sp³-hybridized carbons (Fsp3) is 0.545. The van der Waals surface area contributed by atoms with E-state index in [2.05, 4.69) is 34.4 Å². The van der Waals surface area contributed by atoms with Crippen LogP contribution in [0.25, 0.3) is 0 Å². The van der Waals surface area contributed by atoms with Gasteiger partial charge in [0.05, 0.1) is 12.2 Å². The Morgan fingerprint density at radius 1 is 1.44 bits per heavy atom. The zero-order valence-electron chi connectivity index (χ0n) is 9.90. The molecule has 0 saturated carbocycles. The van der Waals surface area contributed by atoms with Crippen molar-refractivity contribution in [3.8, 4) is 0 Å². The Kier molecular flexibility index (Phi) is 4.85. The van der Waals surface area contributed by atoms with E-state index < -0.39 is 0 Å². The number of nitrogens with one attached hydrogen (secondary N) is 2. The Bertz CT molecular complexity index is 326.